The third kappa shape index (κ3) is 5.23. The minimum Gasteiger partial charge on any atom is -0.372 e. The first-order chi connectivity index (χ1) is 9.82. The molecule has 0 saturated heterocycles. The first kappa shape index (κ1) is 17.2. The maximum Gasteiger partial charge on any atom is 0.251 e. The molecule has 0 aliphatic heterocycles. The van der Waals surface area contributed by atoms with Crippen LogP contribution in [0, 0.1) is 5.92 Å². The van der Waals surface area contributed by atoms with Gasteiger partial charge in [-0.25, -0.2) is 0 Å². The lowest BCUT2D eigenvalue weighted by molar-refractivity contribution is -0.113. The highest BCUT2D eigenvalue weighted by Gasteiger charge is 2.14. The molecule has 0 aliphatic rings. The van der Waals surface area contributed by atoms with Crippen molar-refractivity contribution in [3.8, 4) is 0 Å². The largest absolute Gasteiger partial charge is 0.372 e. The van der Waals surface area contributed by atoms with Crippen LogP contribution in [0.2, 0.25) is 0 Å². The van der Waals surface area contributed by atoms with Crippen LogP contribution in [0.15, 0.2) is 36.4 Å². The first-order valence-corrected chi connectivity index (χ1v) is 7.28. The summed E-state index contributed by atoms with van der Waals surface area (Å²) in [6.45, 7) is 9.64. The Morgan fingerprint density at radius 2 is 1.81 bits per heavy atom. The van der Waals surface area contributed by atoms with Crippen LogP contribution in [0.1, 0.15) is 13.8 Å². The van der Waals surface area contributed by atoms with Gasteiger partial charge in [-0.3, -0.25) is 4.79 Å². The number of amides is 1. The van der Waals surface area contributed by atoms with E-state index in [4.69, 9.17) is 0 Å². The van der Waals surface area contributed by atoms with Gasteiger partial charge in [0.2, 0.25) is 0 Å². The summed E-state index contributed by atoms with van der Waals surface area (Å²) in [7, 11) is 6.13. The van der Waals surface area contributed by atoms with Gasteiger partial charge in [0.15, 0.2) is 0 Å². The zero-order valence-corrected chi connectivity index (χ0v) is 13.8. The van der Waals surface area contributed by atoms with Gasteiger partial charge in [-0.2, -0.15) is 0 Å². The lowest BCUT2D eigenvalue weighted by Gasteiger charge is -2.24. The van der Waals surface area contributed by atoms with Crippen molar-refractivity contribution in [2.24, 2.45) is 5.92 Å². The molecule has 0 aliphatic carbocycles. The summed E-state index contributed by atoms with van der Waals surface area (Å²) in [6.07, 6.45) is 0. The topological polar surface area (TPSA) is 35.6 Å². The summed E-state index contributed by atoms with van der Waals surface area (Å²) in [5, 5.41) is 2.97. The molecule has 0 radical (unpaired) electrons. The van der Waals surface area contributed by atoms with Gasteiger partial charge in [-0.1, -0.05) is 32.6 Å². The van der Waals surface area contributed by atoms with Gasteiger partial charge in [-0.05, 0) is 32.1 Å². The first-order valence-electron chi connectivity index (χ1n) is 7.28. The average molecular weight is 289 g/mol. The number of rotatable bonds is 7. The Kier molecular flexibility index (Phi) is 6.43. The number of benzene rings is 1. The molecule has 0 heterocycles. The molecule has 1 aromatic rings. The summed E-state index contributed by atoms with van der Waals surface area (Å²) in [6, 6.07) is 7.85. The molecule has 1 N–H and O–H groups in total. The maximum atomic E-state index is 12.2. The van der Waals surface area contributed by atoms with Gasteiger partial charge in [0.05, 0.1) is 11.4 Å². The van der Waals surface area contributed by atoms with E-state index in [1.165, 1.54) is 0 Å². The van der Waals surface area contributed by atoms with Gasteiger partial charge < -0.3 is 15.1 Å². The number of nitrogens with zero attached hydrogens (tertiary/aromatic N) is 2. The molecular weight excluding hydrogens is 262 g/mol. The highest BCUT2D eigenvalue weighted by molar-refractivity contribution is 6.05. The Morgan fingerprint density at radius 3 is 2.38 bits per heavy atom. The summed E-state index contributed by atoms with van der Waals surface area (Å²) < 4.78 is 0. The fourth-order valence-corrected chi connectivity index (χ4v) is 1.85. The molecule has 4 heteroatoms. The van der Waals surface area contributed by atoms with Crippen molar-refractivity contribution in [3.63, 3.8) is 0 Å². The molecule has 0 fully saturated rings. The number of nitrogens with one attached hydrogen (secondary N) is 1. The van der Waals surface area contributed by atoms with Gasteiger partial charge in [0.25, 0.3) is 5.91 Å². The normalized spacial score (nSPS) is 10.8. The molecule has 21 heavy (non-hydrogen) atoms. The van der Waals surface area contributed by atoms with Crippen LogP contribution >= 0.6 is 0 Å². The smallest absolute Gasteiger partial charge is 0.251 e. The Hall–Kier alpha value is -1.81. The van der Waals surface area contributed by atoms with Gasteiger partial charge in [-0.15, -0.1) is 0 Å². The van der Waals surface area contributed by atoms with Crippen LogP contribution in [0.4, 0.5) is 11.4 Å². The van der Waals surface area contributed by atoms with Crippen molar-refractivity contribution in [3.05, 3.63) is 36.4 Å². The van der Waals surface area contributed by atoms with E-state index in [1.54, 1.807) is 0 Å². The van der Waals surface area contributed by atoms with Crippen LogP contribution < -0.4 is 10.2 Å². The molecule has 0 unspecified atom stereocenters. The van der Waals surface area contributed by atoms with Crippen molar-refractivity contribution in [1.29, 1.82) is 0 Å². The fourth-order valence-electron chi connectivity index (χ4n) is 1.85. The number of likely N-dealkylation sites (N-methyl/N-ethyl adjacent to an activating group) is 2. The predicted octanol–water partition coefficient (Wildman–Crippen LogP) is 2.84. The van der Waals surface area contributed by atoms with E-state index in [2.05, 4.69) is 21.7 Å². The van der Waals surface area contributed by atoms with E-state index in [9.17, 15) is 4.79 Å². The lowest BCUT2D eigenvalue weighted by Crippen LogP contribution is -2.29. The average Bonchev–Trinajstić information content (AvgIpc) is 2.44. The quantitative estimate of drug-likeness (QED) is 0.784. The van der Waals surface area contributed by atoms with Crippen LogP contribution in [-0.2, 0) is 4.79 Å². The Balaban J connectivity index is 2.84. The number of carbonyl (C=O) groups is 1. The standard InChI is InChI=1S/C17H27N3O/c1-13(2)14(3)17(21)18-15-9-7-8-10-16(15)20(6)12-11-19(4)5/h7-10,13H,3,11-12H2,1-2,4-6H3,(H,18,21). The molecule has 0 saturated carbocycles. The minimum absolute atomic E-state index is 0.113. The molecule has 1 amide bonds. The molecule has 0 atom stereocenters. The van der Waals surface area contributed by atoms with Crippen molar-refractivity contribution in [1.82, 2.24) is 4.90 Å². The lowest BCUT2D eigenvalue weighted by atomic mass is 10.0. The summed E-state index contributed by atoms with van der Waals surface area (Å²) in [4.78, 5) is 16.4. The second-order valence-corrected chi connectivity index (χ2v) is 5.88. The molecule has 0 bridgehead atoms. The molecular formula is C17H27N3O. The van der Waals surface area contributed by atoms with E-state index in [1.807, 2.05) is 59.3 Å². The second-order valence-electron chi connectivity index (χ2n) is 5.88. The zero-order chi connectivity index (χ0) is 16.0. The number of carbonyl (C=O) groups excluding carboxylic acids is 1. The van der Waals surface area contributed by atoms with Crippen LogP contribution in [0.25, 0.3) is 0 Å². The van der Waals surface area contributed by atoms with Crippen molar-refractivity contribution >= 4 is 17.3 Å². The number of hydrogen-bond acceptors (Lipinski definition) is 3. The maximum absolute atomic E-state index is 12.2. The number of anilines is 2. The molecule has 4 nitrogen and oxygen atoms in total. The molecule has 1 aromatic carbocycles. The monoisotopic (exact) mass is 289 g/mol. The second kappa shape index (κ2) is 7.84. The van der Waals surface area contributed by atoms with E-state index in [-0.39, 0.29) is 11.8 Å². The van der Waals surface area contributed by atoms with Crippen LogP contribution in [0.3, 0.4) is 0 Å². The highest BCUT2D eigenvalue weighted by atomic mass is 16.1. The van der Waals surface area contributed by atoms with E-state index < -0.39 is 0 Å². The minimum atomic E-state index is -0.113. The van der Waals surface area contributed by atoms with Crippen molar-refractivity contribution < 1.29 is 4.79 Å². The van der Waals surface area contributed by atoms with Crippen molar-refractivity contribution in [2.75, 3.05) is 44.4 Å². The predicted molar refractivity (Wildman–Crippen MR) is 90.9 cm³/mol. The summed E-state index contributed by atoms with van der Waals surface area (Å²) in [5.41, 5.74) is 2.44. The molecule has 0 spiro atoms. The van der Waals surface area contributed by atoms with Crippen LogP contribution in [0.5, 0.6) is 0 Å². The zero-order valence-electron chi connectivity index (χ0n) is 13.8. The van der Waals surface area contributed by atoms with E-state index in [0.717, 1.165) is 24.5 Å². The fraction of sp³-hybridized carbons (Fsp3) is 0.471. The van der Waals surface area contributed by atoms with E-state index >= 15 is 0 Å². The Labute approximate surface area is 128 Å². The summed E-state index contributed by atoms with van der Waals surface area (Å²) in [5.74, 6) is 0.0297. The number of hydrogen-bond donors (Lipinski definition) is 1. The SMILES string of the molecule is C=C(C(=O)Nc1ccccc1N(C)CCN(C)C)C(C)C. The number of para-hydroxylation sites is 2. The Morgan fingerprint density at radius 1 is 1.19 bits per heavy atom. The van der Waals surface area contributed by atoms with Gasteiger partial charge in [0, 0.05) is 25.7 Å². The molecule has 0 aromatic heterocycles. The van der Waals surface area contributed by atoms with Gasteiger partial charge in [0.1, 0.15) is 0 Å². The molecule has 1 rings (SSSR count). The van der Waals surface area contributed by atoms with Crippen molar-refractivity contribution in [2.45, 2.75) is 13.8 Å². The van der Waals surface area contributed by atoms with Gasteiger partial charge >= 0.3 is 0 Å². The van der Waals surface area contributed by atoms with Crippen LogP contribution in [-0.4, -0.2) is 45.0 Å². The third-order valence-corrected chi connectivity index (χ3v) is 3.43. The van der Waals surface area contributed by atoms with E-state index in [0.29, 0.717) is 5.57 Å². The Bertz CT molecular complexity index is 495. The molecule has 116 valence electrons. The summed E-state index contributed by atoms with van der Waals surface area (Å²) >= 11 is 0. The third-order valence-electron chi connectivity index (χ3n) is 3.43. The highest BCUT2D eigenvalue weighted by Crippen LogP contribution is 2.25.